The molecular formula is C25H26ClN3O3. The number of nitrogens with zero attached hydrogens (tertiary/aromatic N) is 2. The van der Waals surface area contributed by atoms with Crippen LogP contribution in [0.3, 0.4) is 0 Å². The van der Waals surface area contributed by atoms with Crippen molar-refractivity contribution in [1.29, 1.82) is 0 Å². The highest BCUT2D eigenvalue weighted by atomic mass is 35.5. The molecule has 0 aromatic heterocycles. The molecule has 6 nitrogen and oxygen atoms in total. The molecule has 1 fully saturated rings. The number of nitrogens with one attached hydrogen (secondary N) is 1. The zero-order valence-electron chi connectivity index (χ0n) is 17.9. The molecule has 7 heteroatoms. The summed E-state index contributed by atoms with van der Waals surface area (Å²) in [5, 5.41) is 2.85. The van der Waals surface area contributed by atoms with E-state index in [9.17, 15) is 14.4 Å². The second-order valence-corrected chi connectivity index (χ2v) is 8.47. The average Bonchev–Trinajstić information content (AvgIpc) is 3.03. The van der Waals surface area contributed by atoms with Crippen molar-refractivity contribution in [1.82, 2.24) is 9.80 Å². The van der Waals surface area contributed by atoms with Gasteiger partial charge in [-0.1, -0.05) is 54.8 Å². The number of amides is 3. The Morgan fingerprint density at radius 3 is 2.19 bits per heavy atom. The smallest absolute Gasteiger partial charge is 0.278 e. The summed E-state index contributed by atoms with van der Waals surface area (Å²) in [6.45, 7) is 1.83. The van der Waals surface area contributed by atoms with Gasteiger partial charge >= 0.3 is 0 Å². The van der Waals surface area contributed by atoms with Gasteiger partial charge in [0, 0.05) is 30.9 Å². The van der Waals surface area contributed by atoms with Crippen LogP contribution in [-0.4, -0.2) is 47.2 Å². The molecule has 2 aliphatic heterocycles. The van der Waals surface area contributed by atoms with Crippen LogP contribution < -0.4 is 5.32 Å². The third-order valence-electron chi connectivity index (χ3n) is 5.87. The summed E-state index contributed by atoms with van der Waals surface area (Å²) in [5.74, 6) is -0.918. The van der Waals surface area contributed by atoms with E-state index in [-0.39, 0.29) is 23.2 Å². The van der Waals surface area contributed by atoms with Gasteiger partial charge in [0.1, 0.15) is 10.7 Å². The molecule has 1 saturated heterocycles. The van der Waals surface area contributed by atoms with E-state index < -0.39 is 11.8 Å². The summed E-state index contributed by atoms with van der Waals surface area (Å²) in [4.78, 5) is 41.1. The van der Waals surface area contributed by atoms with Crippen molar-refractivity contribution in [2.75, 3.05) is 25.0 Å². The molecule has 0 spiro atoms. The first-order valence-corrected chi connectivity index (χ1v) is 11.4. The van der Waals surface area contributed by atoms with Gasteiger partial charge < -0.3 is 10.2 Å². The molecule has 0 atom stereocenters. The predicted octanol–water partition coefficient (Wildman–Crippen LogP) is 4.18. The maximum Gasteiger partial charge on any atom is 0.278 e. The maximum atomic E-state index is 12.8. The molecule has 3 amide bonds. The number of likely N-dealkylation sites (tertiary alicyclic amines) is 1. The Labute approximate surface area is 192 Å². The van der Waals surface area contributed by atoms with Crippen LogP contribution in [0.2, 0.25) is 0 Å². The van der Waals surface area contributed by atoms with Crippen LogP contribution in [0.5, 0.6) is 0 Å². The lowest BCUT2D eigenvalue weighted by molar-refractivity contribution is -0.137. The summed E-state index contributed by atoms with van der Waals surface area (Å²) in [6.07, 6.45) is 4.96. The molecule has 0 aliphatic carbocycles. The average molecular weight is 452 g/mol. The molecule has 1 N–H and O–H groups in total. The molecule has 2 heterocycles. The largest absolute Gasteiger partial charge is 0.350 e. The van der Waals surface area contributed by atoms with Crippen LogP contribution in [0.1, 0.15) is 41.6 Å². The lowest BCUT2D eigenvalue weighted by Crippen LogP contribution is -2.34. The summed E-state index contributed by atoms with van der Waals surface area (Å²) < 4.78 is 0. The van der Waals surface area contributed by atoms with Gasteiger partial charge in [0.25, 0.3) is 17.7 Å². The number of imide groups is 1. The zero-order chi connectivity index (χ0) is 22.5. The van der Waals surface area contributed by atoms with E-state index >= 15 is 0 Å². The van der Waals surface area contributed by atoms with Crippen LogP contribution in [0, 0.1) is 0 Å². The van der Waals surface area contributed by atoms with E-state index in [0.29, 0.717) is 17.7 Å². The zero-order valence-corrected chi connectivity index (χ0v) is 18.6. The summed E-state index contributed by atoms with van der Waals surface area (Å²) in [6, 6.07) is 16.6. The molecule has 32 heavy (non-hydrogen) atoms. The highest BCUT2D eigenvalue weighted by Gasteiger charge is 2.37. The van der Waals surface area contributed by atoms with Crippen LogP contribution in [0.4, 0.5) is 5.69 Å². The van der Waals surface area contributed by atoms with Gasteiger partial charge in [-0.15, -0.1) is 0 Å². The van der Waals surface area contributed by atoms with Crippen LogP contribution in [0.25, 0.3) is 0 Å². The number of carbonyl (C=O) groups is 3. The van der Waals surface area contributed by atoms with Crippen molar-refractivity contribution in [3.05, 3.63) is 76.5 Å². The highest BCUT2D eigenvalue weighted by molar-refractivity contribution is 6.48. The molecule has 0 radical (unpaired) electrons. The van der Waals surface area contributed by atoms with Crippen molar-refractivity contribution in [3.8, 4) is 0 Å². The standard InChI is InChI=1S/C25H26ClN3O3/c26-21-22(25(32)29(24(21)31)17-14-18-8-4-3-5-9-18)27-20-12-10-19(11-13-20)23(30)28-15-6-1-2-7-16-28/h3-5,8-13,27H,1-2,6-7,14-17H2. The minimum absolute atomic E-state index is 0.0231. The Morgan fingerprint density at radius 1 is 0.875 bits per heavy atom. The van der Waals surface area contributed by atoms with E-state index in [1.807, 2.05) is 35.2 Å². The Balaban J connectivity index is 1.40. The third kappa shape index (κ3) is 4.86. The first-order valence-electron chi connectivity index (χ1n) is 11.0. The second kappa shape index (κ2) is 10.0. The number of carbonyl (C=O) groups excluding carboxylic acids is 3. The van der Waals surface area contributed by atoms with Crippen molar-refractivity contribution < 1.29 is 14.4 Å². The molecule has 0 unspecified atom stereocenters. The Bertz CT molecular complexity index is 1030. The normalized spacial score (nSPS) is 17.0. The summed E-state index contributed by atoms with van der Waals surface area (Å²) >= 11 is 6.19. The molecule has 2 aromatic carbocycles. The number of hydrogen-bond acceptors (Lipinski definition) is 4. The lowest BCUT2D eigenvalue weighted by Gasteiger charge is -2.20. The molecule has 166 valence electrons. The first-order chi connectivity index (χ1) is 15.5. The predicted molar refractivity (Wildman–Crippen MR) is 124 cm³/mol. The van der Waals surface area contributed by atoms with Gasteiger partial charge in [-0.2, -0.15) is 0 Å². The van der Waals surface area contributed by atoms with Crippen LogP contribution in [0.15, 0.2) is 65.3 Å². The fourth-order valence-electron chi connectivity index (χ4n) is 4.04. The molecule has 2 aliphatic rings. The van der Waals surface area contributed by atoms with Gasteiger partial charge in [-0.3, -0.25) is 19.3 Å². The van der Waals surface area contributed by atoms with E-state index in [1.165, 1.54) is 0 Å². The van der Waals surface area contributed by atoms with Gasteiger partial charge in [-0.05, 0) is 49.1 Å². The number of halogens is 1. The van der Waals surface area contributed by atoms with Gasteiger partial charge in [0.05, 0.1) is 0 Å². The third-order valence-corrected chi connectivity index (χ3v) is 6.22. The fraction of sp³-hybridized carbons (Fsp3) is 0.320. The highest BCUT2D eigenvalue weighted by Crippen LogP contribution is 2.26. The lowest BCUT2D eigenvalue weighted by atomic mass is 10.1. The van der Waals surface area contributed by atoms with E-state index in [2.05, 4.69) is 5.32 Å². The van der Waals surface area contributed by atoms with Gasteiger partial charge in [-0.25, -0.2) is 0 Å². The maximum absolute atomic E-state index is 12.8. The molecule has 0 bridgehead atoms. The quantitative estimate of drug-likeness (QED) is 0.669. The first kappa shape index (κ1) is 22.1. The summed E-state index contributed by atoms with van der Waals surface area (Å²) in [5.41, 5.74) is 2.30. The number of hydrogen-bond donors (Lipinski definition) is 1. The van der Waals surface area contributed by atoms with Crippen LogP contribution >= 0.6 is 11.6 Å². The van der Waals surface area contributed by atoms with Crippen molar-refractivity contribution in [2.45, 2.75) is 32.1 Å². The number of rotatable bonds is 6. The minimum Gasteiger partial charge on any atom is -0.350 e. The van der Waals surface area contributed by atoms with Gasteiger partial charge in [0.2, 0.25) is 0 Å². The Morgan fingerprint density at radius 2 is 1.53 bits per heavy atom. The van der Waals surface area contributed by atoms with Gasteiger partial charge in [0.15, 0.2) is 0 Å². The SMILES string of the molecule is O=C(c1ccc(NC2=C(Cl)C(=O)N(CCc3ccccc3)C2=O)cc1)N1CCCCCC1. The van der Waals surface area contributed by atoms with Crippen molar-refractivity contribution >= 4 is 35.0 Å². The number of benzene rings is 2. The number of anilines is 1. The molecular weight excluding hydrogens is 426 g/mol. The molecule has 0 saturated carbocycles. The minimum atomic E-state index is -0.497. The Kier molecular flexibility index (Phi) is 6.90. The van der Waals surface area contributed by atoms with E-state index in [4.69, 9.17) is 11.6 Å². The monoisotopic (exact) mass is 451 g/mol. The van der Waals surface area contributed by atoms with E-state index in [1.54, 1.807) is 24.3 Å². The van der Waals surface area contributed by atoms with E-state index in [0.717, 1.165) is 49.2 Å². The summed E-state index contributed by atoms with van der Waals surface area (Å²) in [7, 11) is 0. The molecule has 4 rings (SSSR count). The fourth-order valence-corrected chi connectivity index (χ4v) is 4.27. The van der Waals surface area contributed by atoms with Crippen molar-refractivity contribution in [3.63, 3.8) is 0 Å². The Hall–Kier alpha value is -3.12. The van der Waals surface area contributed by atoms with Crippen molar-refractivity contribution in [2.24, 2.45) is 0 Å². The van der Waals surface area contributed by atoms with Crippen LogP contribution in [-0.2, 0) is 16.0 Å². The second-order valence-electron chi connectivity index (χ2n) is 8.10. The topological polar surface area (TPSA) is 69.7 Å². The molecule has 2 aromatic rings.